The van der Waals surface area contributed by atoms with Crippen LogP contribution in [0, 0.1) is 0 Å². The summed E-state index contributed by atoms with van der Waals surface area (Å²) in [7, 11) is -3.64. The fourth-order valence-electron chi connectivity index (χ4n) is 3.23. The Bertz CT molecular complexity index is 889. The normalized spacial score (nSPS) is 14.9. The van der Waals surface area contributed by atoms with E-state index in [9.17, 15) is 13.2 Å². The molecule has 8 heteroatoms. The molecule has 1 amide bonds. The number of sulfonamides is 1. The van der Waals surface area contributed by atoms with Crippen LogP contribution in [-0.4, -0.2) is 38.3 Å². The number of nitrogens with zero attached hydrogens (tertiary/aromatic N) is 1. The zero-order chi connectivity index (χ0) is 20.0. The maximum absolute atomic E-state index is 13.0. The van der Waals surface area contributed by atoms with Gasteiger partial charge in [-0.25, -0.2) is 8.42 Å². The first-order valence-corrected chi connectivity index (χ1v) is 11.9. The molecule has 3 rings (SSSR count). The Morgan fingerprint density at radius 3 is 2.71 bits per heavy atom. The number of anilines is 1. The molecule has 1 fully saturated rings. The molecule has 1 saturated heterocycles. The van der Waals surface area contributed by atoms with Crippen LogP contribution in [0.25, 0.3) is 0 Å². The molecule has 0 radical (unpaired) electrons. The van der Waals surface area contributed by atoms with E-state index in [2.05, 4.69) is 11.4 Å². The first-order chi connectivity index (χ1) is 13.5. The standard InChI is InChI=1S/C20H26N2O4S2/c1-2-26-18-11-10-16(15-19(18)28(24,25)22-12-3-4-13-22)21-20(23)9-5-7-17-8-6-14-27-17/h6,8,10-11,14-15H,2-5,7,9,12-13H2,1H3,(H,21,23). The van der Waals surface area contributed by atoms with Crippen LogP contribution in [0.3, 0.4) is 0 Å². The number of carbonyl (C=O) groups is 1. The Hall–Kier alpha value is -1.90. The van der Waals surface area contributed by atoms with Gasteiger partial charge in [0.05, 0.1) is 6.61 Å². The lowest BCUT2D eigenvalue weighted by molar-refractivity contribution is -0.116. The van der Waals surface area contributed by atoms with Crippen molar-refractivity contribution in [1.29, 1.82) is 0 Å². The molecule has 2 heterocycles. The third-order valence-electron chi connectivity index (χ3n) is 4.62. The second-order valence-corrected chi connectivity index (χ2v) is 9.63. The molecule has 1 aliphatic rings. The van der Waals surface area contributed by atoms with Crippen LogP contribution in [-0.2, 0) is 21.2 Å². The highest BCUT2D eigenvalue weighted by Gasteiger charge is 2.30. The number of hydrogen-bond acceptors (Lipinski definition) is 5. The molecular weight excluding hydrogens is 396 g/mol. The van der Waals surface area contributed by atoms with Gasteiger partial charge in [-0.2, -0.15) is 4.31 Å². The van der Waals surface area contributed by atoms with Crippen LogP contribution < -0.4 is 10.1 Å². The van der Waals surface area contributed by atoms with Gasteiger partial charge in [0.25, 0.3) is 0 Å². The van der Waals surface area contributed by atoms with Gasteiger partial charge in [0, 0.05) is 30.1 Å². The summed E-state index contributed by atoms with van der Waals surface area (Å²) in [5, 5.41) is 4.85. The number of hydrogen-bond donors (Lipinski definition) is 1. The second kappa shape index (κ2) is 9.54. The van der Waals surface area contributed by atoms with Gasteiger partial charge >= 0.3 is 0 Å². The topological polar surface area (TPSA) is 75.7 Å². The van der Waals surface area contributed by atoms with Gasteiger partial charge in [0.1, 0.15) is 10.6 Å². The Labute approximate surface area is 170 Å². The number of ether oxygens (including phenoxy) is 1. The van der Waals surface area contributed by atoms with Crippen molar-refractivity contribution in [3.8, 4) is 5.75 Å². The number of aryl methyl sites for hydroxylation is 1. The second-order valence-electron chi connectivity index (χ2n) is 6.69. The van der Waals surface area contributed by atoms with Crippen LogP contribution in [0.15, 0.2) is 40.6 Å². The van der Waals surface area contributed by atoms with Crippen molar-refractivity contribution in [1.82, 2.24) is 4.31 Å². The molecule has 1 aromatic carbocycles. The molecule has 0 unspecified atom stereocenters. The van der Waals surface area contributed by atoms with Gasteiger partial charge in [-0.1, -0.05) is 6.07 Å². The Kier molecular flexibility index (Phi) is 7.09. The van der Waals surface area contributed by atoms with Gasteiger partial charge in [-0.15, -0.1) is 11.3 Å². The third kappa shape index (κ3) is 5.12. The van der Waals surface area contributed by atoms with Crippen molar-refractivity contribution in [2.75, 3.05) is 25.0 Å². The average molecular weight is 423 g/mol. The number of nitrogens with one attached hydrogen (secondary N) is 1. The molecule has 152 valence electrons. The summed E-state index contributed by atoms with van der Waals surface area (Å²) in [6.07, 6.45) is 3.73. The molecule has 1 N–H and O–H groups in total. The first-order valence-electron chi connectivity index (χ1n) is 9.60. The highest BCUT2D eigenvalue weighted by molar-refractivity contribution is 7.89. The van der Waals surface area contributed by atoms with Crippen molar-refractivity contribution in [2.45, 2.75) is 43.9 Å². The molecule has 1 aromatic heterocycles. The van der Waals surface area contributed by atoms with Crippen LogP contribution >= 0.6 is 11.3 Å². The quantitative estimate of drug-likeness (QED) is 0.665. The molecular formula is C20H26N2O4S2. The van der Waals surface area contributed by atoms with E-state index in [4.69, 9.17) is 4.74 Å². The van der Waals surface area contributed by atoms with Crippen molar-refractivity contribution >= 4 is 33.0 Å². The molecule has 2 aromatic rings. The van der Waals surface area contributed by atoms with Crippen LogP contribution in [0.4, 0.5) is 5.69 Å². The summed E-state index contributed by atoms with van der Waals surface area (Å²) in [6, 6.07) is 8.88. The van der Waals surface area contributed by atoms with E-state index < -0.39 is 10.0 Å². The van der Waals surface area contributed by atoms with Gasteiger partial charge in [0.2, 0.25) is 15.9 Å². The van der Waals surface area contributed by atoms with Gasteiger partial charge in [0.15, 0.2) is 0 Å². The Morgan fingerprint density at radius 1 is 1.25 bits per heavy atom. The van der Waals surface area contributed by atoms with Gasteiger partial charge < -0.3 is 10.1 Å². The molecule has 0 spiro atoms. The molecule has 1 aliphatic heterocycles. The summed E-state index contributed by atoms with van der Waals surface area (Å²) in [4.78, 5) is 13.6. The van der Waals surface area contributed by atoms with Gasteiger partial charge in [-0.3, -0.25) is 4.79 Å². The van der Waals surface area contributed by atoms with E-state index in [1.54, 1.807) is 23.5 Å². The van der Waals surface area contributed by atoms with E-state index in [0.717, 1.165) is 25.7 Å². The summed E-state index contributed by atoms with van der Waals surface area (Å²) >= 11 is 1.68. The monoisotopic (exact) mass is 422 g/mol. The van der Waals surface area contributed by atoms with Crippen molar-refractivity contribution in [3.63, 3.8) is 0 Å². The van der Waals surface area contributed by atoms with E-state index in [1.165, 1.54) is 15.2 Å². The maximum Gasteiger partial charge on any atom is 0.246 e. The predicted molar refractivity (Wildman–Crippen MR) is 111 cm³/mol. The van der Waals surface area contributed by atoms with Crippen LogP contribution in [0.2, 0.25) is 0 Å². The molecule has 28 heavy (non-hydrogen) atoms. The minimum atomic E-state index is -3.64. The average Bonchev–Trinajstić information content (AvgIpc) is 3.37. The number of rotatable bonds is 9. The summed E-state index contributed by atoms with van der Waals surface area (Å²) in [6.45, 7) is 3.23. The number of carbonyl (C=O) groups excluding carboxylic acids is 1. The van der Waals surface area contributed by atoms with E-state index >= 15 is 0 Å². The molecule has 0 saturated carbocycles. The van der Waals surface area contributed by atoms with E-state index in [1.807, 2.05) is 18.4 Å². The smallest absolute Gasteiger partial charge is 0.246 e. The lowest BCUT2D eigenvalue weighted by Gasteiger charge is -2.19. The lowest BCUT2D eigenvalue weighted by Crippen LogP contribution is -2.28. The molecule has 0 bridgehead atoms. The third-order valence-corrected chi connectivity index (χ3v) is 7.47. The molecule has 0 atom stereocenters. The van der Waals surface area contributed by atoms with Crippen molar-refractivity contribution in [3.05, 3.63) is 40.6 Å². The Balaban J connectivity index is 1.70. The van der Waals surface area contributed by atoms with E-state index in [0.29, 0.717) is 37.6 Å². The highest BCUT2D eigenvalue weighted by atomic mass is 32.2. The fraction of sp³-hybridized carbons (Fsp3) is 0.450. The van der Waals surface area contributed by atoms with Crippen LogP contribution in [0.5, 0.6) is 5.75 Å². The van der Waals surface area contributed by atoms with Gasteiger partial charge in [-0.05, 0) is 62.3 Å². The fourth-order valence-corrected chi connectivity index (χ4v) is 5.66. The zero-order valence-electron chi connectivity index (χ0n) is 16.0. The summed E-state index contributed by atoms with van der Waals surface area (Å²) in [5.74, 6) is 0.204. The van der Waals surface area contributed by atoms with E-state index in [-0.39, 0.29) is 10.8 Å². The Morgan fingerprint density at radius 2 is 2.04 bits per heavy atom. The number of thiophene rings is 1. The largest absolute Gasteiger partial charge is 0.492 e. The summed E-state index contributed by atoms with van der Waals surface area (Å²) in [5.41, 5.74) is 0.474. The minimum absolute atomic E-state index is 0.118. The molecule has 0 aliphatic carbocycles. The maximum atomic E-state index is 13.0. The number of benzene rings is 1. The lowest BCUT2D eigenvalue weighted by atomic mass is 10.2. The minimum Gasteiger partial charge on any atom is -0.492 e. The number of amides is 1. The summed E-state index contributed by atoms with van der Waals surface area (Å²) < 4.78 is 33.0. The SMILES string of the molecule is CCOc1ccc(NC(=O)CCCc2cccs2)cc1S(=O)(=O)N1CCCC1. The molecule has 6 nitrogen and oxygen atoms in total. The zero-order valence-corrected chi connectivity index (χ0v) is 17.7. The van der Waals surface area contributed by atoms with Crippen molar-refractivity contribution in [2.24, 2.45) is 0 Å². The first kappa shape index (κ1) is 20.8. The van der Waals surface area contributed by atoms with Crippen LogP contribution in [0.1, 0.15) is 37.5 Å². The highest BCUT2D eigenvalue weighted by Crippen LogP contribution is 2.31. The van der Waals surface area contributed by atoms with Crippen molar-refractivity contribution < 1.29 is 17.9 Å². The predicted octanol–water partition coefficient (Wildman–Crippen LogP) is 3.89.